The number of carbonyl (C=O) groups excluding carboxylic acids is 2. The minimum atomic E-state index is -0.881. The maximum atomic E-state index is 12.8. The lowest BCUT2D eigenvalue weighted by atomic mass is 9.95. The van der Waals surface area contributed by atoms with Gasteiger partial charge in [-0.1, -0.05) is 71.7 Å². The maximum absolute atomic E-state index is 12.8. The van der Waals surface area contributed by atoms with Crippen LogP contribution in [0.5, 0.6) is 11.5 Å². The van der Waals surface area contributed by atoms with E-state index in [-0.39, 0.29) is 37.6 Å². The van der Waals surface area contributed by atoms with Gasteiger partial charge in [0.2, 0.25) is 0 Å². The van der Waals surface area contributed by atoms with E-state index in [0.717, 1.165) is 46.3 Å². The number of β-amino-alcohol motifs (C(OH)–C–C–N with tert-alkyl or cyclic N) is 1. The van der Waals surface area contributed by atoms with Gasteiger partial charge in [0.15, 0.2) is 13.2 Å². The lowest BCUT2D eigenvalue weighted by Crippen LogP contribution is -2.43. The summed E-state index contributed by atoms with van der Waals surface area (Å²) < 4.78 is 11.7. The summed E-state index contributed by atoms with van der Waals surface area (Å²) in [5.74, 6) is -0.00876. The van der Waals surface area contributed by atoms with Crippen LogP contribution in [0.2, 0.25) is 10.0 Å². The van der Waals surface area contributed by atoms with Crippen molar-refractivity contribution < 1.29 is 34.1 Å². The molecule has 1 unspecified atom stereocenters. The van der Waals surface area contributed by atoms with E-state index >= 15 is 0 Å². The molecule has 0 spiro atoms. The average Bonchev–Trinajstić information content (AvgIpc) is 3.56. The molecule has 7 rings (SSSR count). The Morgan fingerprint density at radius 3 is 1.81 bits per heavy atom. The highest BCUT2D eigenvalue weighted by Gasteiger charge is 2.29. The highest BCUT2D eigenvalue weighted by molar-refractivity contribution is 6.39. The molecule has 3 heterocycles. The number of hydrogen-bond donors (Lipinski definition) is 3. The van der Waals surface area contributed by atoms with E-state index in [2.05, 4.69) is 10.2 Å². The van der Waals surface area contributed by atoms with Gasteiger partial charge in [-0.2, -0.15) is 0 Å². The number of carbonyl (C=O) groups is 3. The van der Waals surface area contributed by atoms with Crippen LogP contribution in [0.4, 0.5) is 11.4 Å². The Hall–Kier alpha value is -4.65. The van der Waals surface area contributed by atoms with Crippen molar-refractivity contribution in [2.75, 3.05) is 68.8 Å². The summed E-state index contributed by atoms with van der Waals surface area (Å²) in [6.45, 7) is 3.58. The van der Waals surface area contributed by atoms with E-state index in [1.165, 1.54) is 0 Å². The Balaban J connectivity index is 1.12. The zero-order valence-electron chi connectivity index (χ0n) is 28.3. The molecule has 0 bridgehead atoms. The number of rotatable bonds is 12. The second-order valence-corrected chi connectivity index (χ2v) is 13.8. The van der Waals surface area contributed by atoms with Gasteiger partial charge in [-0.15, -0.1) is 0 Å². The summed E-state index contributed by atoms with van der Waals surface area (Å²) in [6, 6.07) is 22.9. The molecule has 3 aliphatic rings. The first-order valence-corrected chi connectivity index (χ1v) is 18.0. The second-order valence-electron chi connectivity index (χ2n) is 13.0. The lowest BCUT2D eigenvalue weighted by Gasteiger charge is -2.31. The van der Waals surface area contributed by atoms with Crippen LogP contribution in [0.3, 0.4) is 0 Å². The van der Waals surface area contributed by atoms with Crippen LogP contribution in [-0.2, 0) is 14.4 Å². The van der Waals surface area contributed by atoms with Crippen molar-refractivity contribution >= 4 is 52.4 Å². The summed E-state index contributed by atoms with van der Waals surface area (Å²) in [6.07, 6.45) is 0.436. The van der Waals surface area contributed by atoms with Gasteiger partial charge in [-0.3, -0.25) is 19.3 Å². The molecule has 13 heteroatoms. The van der Waals surface area contributed by atoms with Gasteiger partial charge in [0.25, 0.3) is 11.8 Å². The fourth-order valence-electron chi connectivity index (χ4n) is 6.93. The molecule has 0 aliphatic carbocycles. The fourth-order valence-corrected chi connectivity index (χ4v) is 7.60. The normalized spacial score (nSPS) is 17.1. The number of halogens is 2. The largest absolute Gasteiger partial charge is 0.482 e. The number of fused-ring (bicyclic) bond motifs is 2. The van der Waals surface area contributed by atoms with E-state index < -0.39 is 5.97 Å². The summed E-state index contributed by atoms with van der Waals surface area (Å²) in [7, 11) is 0. The monoisotopic (exact) mass is 744 g/mol. The minimum absolute atomic E-state index is 0.00447. The highest BCUT2D eigenvalue weighted by Crippen LogP contribution is 2.45. The van der Waals surface area contributed by atoms with Crippen LogP contribution in [-0.4, -0.2) is 98.0 Å². The number of nitrogens with zero attached hydrogens (tertiary/aromatic N) is 3. The first-order valence-electron chi connectivity index (χ1n) is 17.2. The third-order valence-corrected chi connectivity index (χ3v) is 10.4. The summed E-state index contributed by atoms with van der Waals surface area (Å²) in [5, 5.41) is 22.8. The van der Waals surface area contributed by atoms with Crippen molar-refractivity contribution in [2.24, 2.45) is 0 Å². The zero-order valence-corrected chi connectivity index (χ0v) is 29.8. The van der Waals surface area contributed by atoms with Gasteiger partial charge in [-0.05, 0) is 41.8 Å². The van der Waals surface area contributed by atoms with Crippen LogP contribution < -0.4 is 24.6 Å². The molecular formula is C39H38Cl2N4O7. The van der Waals surface area contributed by atoms with Crippen molar-refractivity contribution in [2.45, 2.75) is 18.9 Å². The lowest BCUT2D eigenvalue weighted by molar-refractivity contribution is -0.137. The SMILES string of the molecule is O=C(O)CCNCCN1C(=O)COc2cc(-c3cccc(-c4cccc(-c5ccc6c(c5)OCC(=O)N6CCN5CCC(O)C5)c4Cl)c3Cl)ccc21. The summed E-state index contributed by atoms with van der Waals surface area (Å²) in [5.41, 5.74) is 6.01. The van der Waals surface area contributed by atoms with Crippen molar-refractivity contribution in [3.05, 3.63) is 82.8 Å². The van der Waals surface area contributed by atoms with Crippen molar-refractivity contribution in [1.29, 1.82) is 0 Å². The number of aliphatic hydroxyl groups is 1. The number of carboxylic acids is 1. The molecule has 3 aliphatic heterocycles. The number of ether oxygens (including phenoxy) is 2. The smallest absolute Gasteiger partial charge is 0.304 e. The average molecular weight is 746 g/mol. The van der Waals surface area contributed by atoms with Crippen molar-refractivity contribution in [1.82, 2.24) is 10.2 Å². The standard InChI is InChI=1S/C39H38Cl2N4O7/c40-38-27(24-7-9-31-33(19-24)51-22-35(47)44(31)16-14-42-13-11-37(49)50)3-1-5-29(38)30-6-2-4-28(39(30)41)25-8-10-32-34(20-25)52-23-36(48)45(32)18-17-43-15-12-26(46)21-43/h1-10,19-20,26,42,46H,11-18,21-23H2,(H,49,50). The van der Waals surface area contributed by atoms with E-state index in [9.17, 15) is 19.5 Å². The topological polar surface area (TPSA) is 132 Å². The number of amides is 2. The number of anilines is 2. The maximum Gasteiger partial charge on any atom is 0.304 e. The van der Waals surface area contributed by atoms with Gasteiger partial charge in [0, 0.05) is 68.1 Å². The van der Waals surface area contributed by atoms with Crippen molar-refractivity contribution in [3.8, 4) is 44.9 Å². The molecule has 0 saturated carbocycles. The molecule has 4 aromatic carbocycles. The Morgan fingerprint density at radius 1 is 0.750 bits per heavy atom. The third kappa shape index (κ3) is 7.46. The molecule has 52 heavy (non-hydrogen) atoms. The number of aliphatic carboxylic acids is 1. The zero-order chi connectivity index (χ0) is 36.4. The molecule has 270 valence electrons. The molecule has 0 radical (unpaired) electrons. The van der Waals surface area contributed by atoms with E-state index in [1.54, 1.807) is 9.80 Å². The Bertz CT molecular complexity index is 2020. The van der Waals surface area contributed by atoms with Gasteiger partial charge in [0.1, 0.15) is 11.5 Å². The second kappa shape index (κ2) is 15.5. The van der Waals surface area contributed by atoms with Crippen LogP contribution in [0.15, 0.2) is 72.8 Å². The Morgan fingerprint density at radius 2 is 1.29 bits per heavy atom. The molecule has 4 aromatic rings. The van der Waals surface area contributed by atoms with Crippen LogP contribution in [0, 0.1) is 0 Å². The fraction of sp³-hybridized carbons (Fsp3) is 0.308. The number of nitrogens with one attached hydrogen (secondary N) is 1. The minimum Gasteiger partial charge on any atom is -0.482 e. The number of benzene rings is 4. The van der Waals surface area contributed by atoms with E-state index in [4.69, 9.17) is 37.8 Å². The molecule has 2 amide bonds. The van der Waals surface area contributed by atoms with Gasteiger partial charge < -0.3 is 34.8 Å². The molecule has 1 fully saturated rings. The Labute approximate surface area is 311 Å². The summed E-state index contributed by atoms with van der Waals surface area (Å²) >= 11 is 14.3. The first kappa shape index (κ1) is 35.7. The number of likely N-dealkylation sites (tertiary alicyclic amines) is 1. The van der Waals surface area contributed by atoms with Gasteiger partial charge in [-0.25, -0.2) is 0 Å². The Kier molecular flexibility index (Phi) is 10.7. The molecular weight excluding hydrogens is 707 g/mol. The van der Waals surface area contributed by atoms with Crippen LogP contribution in [0.25, 0.3) is 33.4 Å². The van der Waals surface area contributed by atoms with Crippen molar-refractivity contribution in [3.63, 3.8) is 0 Å². The van der Waals surface area contributed by atoms with Crippen LogP contribution >= 0.6 is 23.2 Å². The highest BCUT2D eigenvalue weighted by atomic mass is 35.5. The van der Waals surface area contributed by atoms with Gasteiger partial charge in [0.05, 0.1) is 33.9 Å². The molecule has 11 nitrogen and oxygen atoms in total. The van der Waals surface area contributed by atoms with E-state index in [0.29, 0.717) is 72.2 Å². The quantitative estimate of drug-likeness (QED) is 0.159. The predicted octanol–water partition coefficient (Wildman–Crippen LogP) is 5.58. The van der Waals surface area contributed by atoms with Crippen LogP contribution in [0.1, 0.15) is 12.8 Å². The molecule has 0 aromatic heterocycles. The predicted molar refractivity (Wildman–Crippen MR) is 201 cm³/mol. The number of aliphatic hydroxyl groups excluding tert-OH is 1. The first-order chi connectivity index (χ1) is 25.2. The number of carboxylic acid groups (broad SMARTS) is 1. The van der Waals surface area contributed by atoms with Gasteiger partial charge >= 0.3 is 5.97 Å². The summed E-state index contributed by atoms with van der Waals surface area (Å²) in [4.78, 5) is 41.9. The molecule has 3 N–H and O–H groups in total. The molecule has 1 atom stereocenters. The molecule has 1 saturated heterocycles. The number of hydrogen-bond acceptors (Lipinski definition) is 8. The van der Waals surface area contributed by atoms with E-state index in [1.807, 2.05) is 72.8 Å². The third-order valence-electron chi connectivity index (χ3n) is 9.63.